The average Bonchev–Trinajstić information content (AvgIpc) is 2.79. The number of rotatable bonds is 3. The van der Waals surface area contributed by atoms with E-state index in [-0.39, 0.29) is 11.6 Å². The van der Waals surface area contributed by atoms with Crippen molar-refractivity contribution in [2.24, 2.45) is 0 Å². The molecule has 19 heavy (non-hydrogen) atoms. The molecule has 1 heterocycles. The van der Waals surface area contributed by atoms with Crippen molar-refractivity contribution in [3.63, 3.8) is 0 Å². The van der Waals surface area contributed by atoms with E-state index in [0.29, 0.717) is 5.33 Å². The second-order valence-corrected chi connectivity index (χ2v) is 5.04. The van der Waals surface area contributed by atoms with Gasteiger partial charge >= 0.3 is 0 Å². The molecule has 0 aliphatic carbocycles. The molecule has 0 bridgehead atoms. The average molecular weight is 333 g/mol. The lowest BCUT2D eigenvalue weighted by atomic mass is 10.1. The third kappa shape index (κ3) is 2.54. The van der Waals surface area contributed by atoms with E-state index in [1.165, 1.54) is 4.68 Å². The number of hydrogen-bond donors (Lipinski definition) is 0. The molecule has 1 aromatic carbocycles. The Labute approximate surface area is 117 Å². The first kappa shape index (κ1) is 14.1. The zero-order valence-corrected chi connectivity index (χ0v) is 12.0. The Morgan fingerprint density at radius 1 is 1.21 bits per heavy atom. The standard InChI is InChI=1S/C13H12BrF3N2/c1-7(2)13-8(5-14)6-18-19(13)9-3-10(15)12(17)11(16)4-9/h3-4,6-7H,5H2,1-2H3. The van der Waals surface area contributed by atoms with Crippen LogP contribution in [0.3, 0.4) is 0 Å². The predicted octanol–water partition coefficient (Wildman–Crippen LogP) is 4.31. The normalized spacial score (nSPS) is 11.3. The first-order valence-corrected chi connectivity index (χ1v) is 6.85. The Morgan fingerprint density at radius 2 is 1.79 bits per heavy atom. The molecule has 1 aromatic heterocycles. The van der Waals surface area contributed by atoms with E-state index < -0.39 is 17.5 Å². The highest BCUT2D eigenvalue weighted by Crippen LogP contribution is 2.26. The van der Waals surface area contributed by atoms with Crippen molar-refractivity contribution in [2.75, 3.05) is 0 Å². The summed E-state index contributed by atoms with van der Waals surface area (Å²) in [5.74, 6) is -3.80. The molecule has 2 aromatic rings. The fourth-order valence-electron chi connectivity index (χ4n) is 1.98. The summed E-state index contributed by atoms with van der Waals surface area (Å²) in [5, 5.41) is 4.71. The molecule has 0 aliphatic rings. The molecule has 2 nitrogen and oxygen atoms in total. The summed E-state index contributed by atoms with van der Waals surface area (Å²) in [6.45, 7) is 3.91. The minimum absolute atomic E-state index is 0.117. The topological polar surface area (TPSA) is 17.8 Å². The van der Waals surface area contributed by atoms with Crippen molar-refractivity contribution in [1.82, 2.24) is 9.78 Å². The first-order chi connectivity index (χ1) is 8.95. The summed E-state index contributed by atoms with van der Waals surface area (Å²) >= 11 is 3.34. The molecule has 0 amide bonds. The van der Waals surface area contributed by atoms with Gasteiger partial charge in [-0.05, 0) is 5.92 Å². The van der Waals surface area contributed by atoms with Gasteiger partial charge < -0.3 is 0 Å². The van der Waals surface area contributed by atoms with Crippen molar-refractivity contribution in [2.45, 2.75) is 25.1 Å². The minimum atomic E-state index is -1.47. The van der Waals surface area contributed by atoms with E-state index in [1.54, 1.807) is 6.20 Å². The Hall–Kier alpha value is -1.30. The van der Waals surface area contributed by atoms with Gasteiger partial charge in [0.25, 0.3) is 0 Å². The van der Waals surface area contributed by atoms with Crippen LogP contribution < -0.4 is 0 Å². The summed E-state index contributed by atoms with van der Waals surface area (Å²) in [7, 11) is 0. The molecule has 0 radical (unpaired) electrons. The quantitative estimate of drug-likeness (QED) is 0.605. The summed E-state index contributed by atoms with van der Waals surface area (Å²) in [5.41, 5.74) is 1.94. The van der Waals surface area contributed by atoms with Crippen molar-refractivity contribution in [3.05, 3.63) is 47.0 Å². The third-order valence-electron chi connectivity index (χ3n) is 2.79. The van der Waals surface area contributed by atoms with Gasteiger partial charge in [-0.15, -0.1) is 0 Å². The predicted molar refractivity (Wildman–Crippen MR) is 70.2 cm³/mol. The van der Waals surface area contributed by atoms with Gasteiger partial charge in [0.15, 0.2) is 17.5 Å². The summed E-state index contributed by atoms with van der Waals surface area (Å²) < 4.78 is 41.0. The molecular formula is C13H12BrF3N2. The van der Waals surface area contributed by atoms with Gasteiger partial charge in [0.05, 0.1) is 17.6 Å². The van der Waals surface area contributed by atoms with Crippen LogP contribution in [-0.2, 0) is 5.33 Å². The van der Waals surface area contributed by atoms with Crippen LogP contribution in [-0.4, -0.2) is 9.78 Å². The molecule has 0 unspecified atom stereocenters. The molecule has 0 spiro atoms. The van der Waals surface area contributed by atoms with Crippen LogP contribution in [0.25, 0.3) is 5.69 Å². The maximum Gasteiger partial charge on any atom is 0.194 e. The smallest absolute Gasteiger partial charge is 0.194 e. The van der Waals surface area contributed by atoms with Gasteiger partial charge in [0, 0.05) is 23.0 Å². The molecule has 102 valence electrons. The number of hydrogen-bond acceptors (Lipinski definition) is 1. The molecule has 0 fully saturated rings. The van der Waals surface area contributed by atoms with Crippen LogP contribution in [0.4, 0.5) is 13.2 Å². The van der Waals surface area contributed by atoms with Gasteiger partial charge in [0.2, 0.25) is 0 Å². The van der Waals surface area contributed by atoms with E-state index in [1.807, 2.05) is 13.8 Å². The molecule has 0 N–H and O–H groups in total. The number of halogens is 4. The molecular weight excluding hydrogens is 321 g/mol. The van der Waals surface area contributed by atoms with Crippen LogP contribution in [0.1, 0.15) is 31.0 Å². The van der Waals surface area contributed by atoms with Crippen molar-refractivity contribution < 1.29 is 13.2 Å². The van der Waals surface area contributed by atoms with Gasteiger partial charge in [-0.25, -0.2) is 17.9 Å². The van der Waals surface area contributed by atoms with Gasteiger partial charge in [0.1, 0.15) is 0 Å². The van der Waals surface area contributed by atoms with Crippen LogP contribution >= 0.6 is 15.9 Å². The van der Waals surface area contributed by atoms with Crippen LogP contribution in [0.15, 0.2) is 18.3 Å². The van der Waals surface area contributed by atoms with Gasteiger partial charge in [-0.3, -0.25) is 0 Å². The maximum atomic E-state index is 13.3. The van der Waals surface area contributed by atoms with E-state index in [2.05, 4.69) is 21.0 Å². The maximum absolute atomic E-state index is 13.3. The highest BCUT2D eigenvalue weighted by Gasteiger charge is 2.18. The summed E-state index contributed by atoms with van der Waals surface area (Å²) in [6.07, 6.45) is 1.63. The molecule has 0 saturated carbocycles. The number of nitrogens with zero attached hydrogens (tertiary/aromatic N) is 2. The Kier molecular flexibility index (Phi) is 3.99. The molecule has 2 rings (SSSR count). The Bertz CT molecular complexity index is 585. The van der Waals surface area contributed by atoms with E-state index in [9.17, 15) is 13.2 Å². The van der Waals surface area contributed by atoms with E-state index >= 15 is 0 Å². The fraction of sp³-hybridized carbons (Fsp3) is 0.308. The fourth-order valence-corrected chi connectivity index (χ4v) is 2.41. The van der Waals surface area contributed by atoms with Crippen LogP contribution in [0, 0.1) is 17.5 Å². The Morgan fingerprint density at radius 3 is 2.26 bits per heavy atom. The van der Waals surface area contributed by atoms with Crippen molar-refractivity contribution in [1.29, 1.82) is 0 Å². The third-order valence-corrected chi connectivity index (χ3v) is 3.39. The van der Waals surface area contributed by atoms with Crippen molar-refractivity contribution in [3.8, 4) is 5.69 Å². The summed E-state index contributed by atoms with van der Waals surface area (Å²) in [4.78, 5) is 0. The Balaban J connectivity index is 2.62. The molecule has 0 saturated heterocycles. The highest BCUT2D eigenvalue weighted by molar-refractivity contribution is 9.08. The SMILES string of the molecule is CC(C)c1c(CBr)cnn1-c1cc(F)c(F)c(F)c1. The number of aromatic nitrogens is 2. The van der Waals surface area contributed by atoms with Gasteiger partial charge in [-0.2, -0.15) is 5.10 Å². The monoisotopic (exact) mass is 332 g/mol. The molecule has 6 heteroatoms. The second kappa shape index (κ2) is 5.36. The lowest BCUT2D eigenvalue weighted by Crippen LogP contribution is -2.07. The number of alkyl halides is 1. The highest BCUT2D eigenvalue weighted by atomic mass is 79.9. The minimum Gasteiger partial charge on any atom is -0.237 e. The molecule has 0 aliphatic heterocycles. The largest absolute Gasteiger partial charge is 0.237 e. The first-order valence-electron chi connectivity index (χ1n) is 5.73. The van der Waals surface area contributed by atoms with Crippen LogP contribution in [0.5, 0.6) is 0 Å². The van der Waals surface area contributed by atoms with E-state index in [0.717, 1.165) is 23.4 Å². The zero-order valence-electron chi connectivity index (χ0n) is 10.4. The van der Waals surface area contributed by atoms with E-state index in [4.69, 9.17) is 0 Å². The zero-order chi connectivity index (χ0) is 14.2. The molecule has 0 atom stereocenters. The van der Waals surface area contributed by atoms with Crippen LogP contribution in [0.2, 0.25) is 0 Å². The number of benzene rings is 1. The van der Waals surface area contributed by atoms with Gasteiger partial charge in [-0.1, -0.05) is 29.8 Å². The lowest BCUT2D eigenvalue weighted by Gasteiger charge is -2.12. The second-order valence-electron chi connectivity index (χ2n) is 4.48. The lowest BCUT2D eigenvalue weighted by molar-refractivity contribution is 0.445. The van der Waals surface area contributed by atoms with Crippen molar-refractivity contribution >= 4 is 15.9 Å². The summed E-state index contributed by atoms with van der Waals surface area (Å²) in [6, 6.07) is 1.88.